The molecule has 3 heteroatoms. The third-order valence-corrected chi connectivity index (χ3v) is 3.30. The average Bonchev–Trinajstić information content (AvgIpc) is 2.14. The molecule has 3 unspecified atom stereocenters. The highest BCUT2D eigenvalue weighted by atomic mass is 16.5. The van der Waals surface area contributed by atoms with Gasteiger partial charge < -0.3 is 15.0 Å². The summed E-state index contributed by atoms with van der Waals surface area (Å²) in [5.74, 6) is 0.754. The highest BCUT2D eigenvalue weighted by molar-refractivity contribution is 4.80. The van der Waals surface area contributed by atoms with Crippen LogP contribution in [0.3, 0.4) is 0 Å². The van der Waals surface area contributed by atoms with E-state index in [1.165, 1.54) is 6.42 Å². The lowest BCUT2D eigenvalue weighted by atomic mass is 9.99. The smallest absolute Gasteiger partial charge is 0.0561 e. The molecule has 3 nitrogen and oxygen atoms in total. The molecule has 0 aliphatic carbocycles. The summed E-state index contributed by atoms with van der Waals surface area (Å²) >= 11 is 0. The first-order valence-electron chi connectivity index (χ1n) is 6.99. The van der Waals surface area contributed by atoms with E-state index in [9.17, 15) is 0 Å². The molecular formula is C14H30N2O. The van der Waals surface area contributed by atoms with E-state index >= 15 is 0 Å². The van der Waals surface area contributed by atoms with Gasteiger partial charge in [-0.05, 0) is 46.2 Å². The quantitative estimate of drug-likeness (QED) is 0.772. The molecule has 1 rings (SSSR count). The van der Waals surface area contributed by atoms with Crippen LogP contribution in [0.25, 0.3) is 0 Å². The predicted molar refractivity (Wildman–Crippen MR) is 73.4 cm³/mol. The molecule has 1 fully saturated rings. The van der Waals surface area contributed by atoms with Crippen molar-refractivity contribution in [3.8, 4) is 0 Å². The molecule has 0 spiro atoms. The van der Waals surface area contributed by atoms with Gasteiger partial charge in [-0.25, -0.2) is 0 Å². The van der Waals surface area contributed by atoms with Crippen LogP contribution in [-0.2, 0) is 4.74 Å². The van der Waals surface area contributed by atoms with Gasteiger partial charge in [0.1, 0.15) is 0 Å². The molecule has 1 aliphatic rings. The Morgan fingerprint density at radius 3 is 2.59 bits per heavy atom. The molecule has 3 atom stereocenters. The first-order valence-corrected chi connectivity index (χ1v) is 6.99. The summed E-state index contributed by atoms with van der Waals surface area (Å²) in [6.45, 7) is 8.82. The van der Waals surface area contributed by atoms with Crippen molar-refractivity contribution in [3.05, 3.63) is 0 Å². The third kappa shape index (κ3) is 6.39. The fourth-order valence-corrected chi connectivity index (χ4v) is 2.69. The van der Waals surface area contributed by atoms with E-state index in [0.29, 0.717) is 18.2 Å². The molecule has 0 radical (unpaired) electrons. The van der Waals surface area contributed by atoms with Crippen LogP contribution in [0.5, 0.6) is 0 Å². The van der Waals surface area contributed by atoms with Crippen molar-refractivity contribution < 1.29 is 4.74 Å². The van der Waals surface area contributed by atoms with E-state index in [1.807, 2.05) is 0 Å². The normalized spacial score (nSPS) is 27.7. The Bertz CT molecular complexity index is 196. The van der Waals surface area contributed by atoms with Crippen LogP contribution in [0.1, 0.15) is 40.0 Å². The van der Waals surface area contributed by atoms with Gasteiger partial charge in [-0.1, -0.05) is 13.8 Å². The lowest BCUT2D eigenvalue weighted by molar-refractivity contribution is 0.0102. The Morgan fingerprint density at radius 1 is 1.35 bits per heavy atom. The molecule has 17 heavy (non-hydrogen) atoms. The van der Waals surface area contributed by atoms with Gasteiger partial charge >= 0.3 is 0 Å². The van der Waals surface area contributed by atoms with Crippen molar-refractivity contribution >= 4 is 0 Å². The van der Waals surface area contributed by atoms with Crippen molar-refractivity contribution in [2.45, 2.75) is 58.2 Å². The Hall–Kier alpha value is -0.120. The van der Waals surface area contributed by atoms with Gasteiger partial charge in [-0.15, -0.1) is 0 Å². The Morgan fingerprint density at radius 2 is 2.06 bits per heavy atom. The Kier molecular flexibility index (Phi) is 6.45. The summed E-state index contributed by atoms with van der Waals surface area (Å²) < 4.78 is 5.60. The summed E-state index contributed by atoms with van der Waals surface area (Å²) in [4.78, 5) is 2.28. The second kappa shape index (κ2) is 7.34. The van der Waals surface area contributed by atoms with Crippen molar-refractivity contribution in [1.82, 2.24) is 10.2 Å². The third-order valence-electron chi connectivity index (χ3n) is 3.30. The molecule has 0 saturated carbocycles. The first kappa shape index (κ1) is 14.9. The van der Waals surface area contributed by atoms with Crippen molar-refractivity contribution in [1.29, 1.82) is 0 Å². The molecule has 1 N–H and O–H groups in total. The maximum atomic E-state index is 5.60. The molecule has 0 amide bonds. The van der Waals surface area contributed by atoms with Crippen LogP contribution < -0.4 is 5.32 Å². The number of likely N-dealkylation sites (N-methyl/N-ethyl adjacent to an activating group) is 1. The monoisotopic (exact) mass is 242 g/mol. The Labute approximate surface area is 107 Å². The van der Waals surface area contributed by atoms with E-state index in [0.717, 1.165) is 31.9 Å². The number of nitrogens with zero attached hydrogens (tertiary/aromatic N) is 1. The standard InChI is InChI=1S/C14H30N2O/c1-11(2)8-14(10-16(4)5)15-13-6-7-17-12(3)9-13/h11-15H,6-10H2,1-5H3. The van der Waals surface area contributed by atoms with Crippen LogP contribution in [-0.4, -0.2) is 50.3 Å². The number of ether oxygens (including phenoxy) is 1. The number of nitrogens with one attached hydrogen (secondary N) is 1. The van der Waals surface area contributed by atoms with Crippen LogP contribution in [0, 0.1) is 5.92 Å². The zero-order valence-corrected chi connectivity index (χ0v) is 12.2. The summed E-state index contributed by atoms with van der Waals surface area (Å²) in [6, 6.07) is 1.25. The number of hydrogen-bond acceptors (Lipinski definition) is 3. The zero-order valence-electron chi connectivity index (χ0n) is 12.2. The Balaban J connectivity index is 2.40. The van der Waals surface area contributed by atoms with E-state index in [-0.39, 0.29) is 0 Å². The molecule has 0 bridgehead atoms. The summed E-state index contributed by atoms with van der Waals surface area (Å²) in [7, 11) is 4.31. The van der Waals surface area contributed by atoms with Crippen LogP contribution in [0.15, 0.2) is 0 Å². The largest absolute Gasteiger partial charge is 0.378 e. The van der Waals surface area contributed by atoms with Crippen molar-refractivity contribution in [2.24, 2.45) is 5.92 Å². The second-order valence-corrected chi connectivity index (χ2v) is 6.16. The van der Waals surface area contributed by atoms with Gasteiger partial charge in [0.2, 0.25) is 0 Å². The van der Waals surface area contributed by atoms with Crippen LogP contribution in [0.4, 0.5) is 0 Å². The van der Waals surface area contributed by atoms with Gasteiger partial charge in [0, 0.05) is 25.2 Å². The van der Waals surface area contributed by atoms with Crippen LogP contribution in [0.2, 0.25) is 0 Å². The van der Waals surface area contributed by atoms with Gasteiger partial charge in [0.25, 0.3) is 0 Å². The second-order valence-electron chi connectivity index (χ2n) is 6.16. The van der Waals surface area contributed by atoms with Gasteiger partial charge in [0.15, 0.2) is 0 Å². The average molecular weight is 242 g/mol. The predicted octanol–water partition coefficient (Wildman–Crippen LogP) is 2.12. The number of hydrogen-bond donors (Lipinski definition) is 1. The summed E-state index contributed by atoms with van der Waals surface area (Å²) in [5, 5.41) is 3.83. The maximum absolute atomic E-state index is 5.60. The van der Waals surface area contributed by atoms with Gasteiger partial charge in [0.05, 0.1) is 6.10 Å². The molecule has 0 aromatic heterocycles. The summed E-state index contributed by atoms with van der Waals surface area (Å²) in [5.41, 5.74) is 0. The highest BCUT2D eigenvalue weighted by Gasteiger charge is 2.22. The van der Waals surface area contributed by atoms with Gasteiger partial charge in [-0.2, -0.15) is 0 Å². The topological polar surface area (TPSA) is 24.5 Å². The van der Waals surface area contributed by atoms with Gasteiger partial charge in [-0.3, -0.25) is 0 Å². The fraction of sp³-hybridized carbons (Fsp3) is 1.00. The maximum Gasteiger partial charge on any atom is 0.0561 e. The van der Waals surface area contributed by atoms with Crippen LogP contribution >= 0.6 is 0 Å². The molecule has 1 saturated heterocycles. The van der Waals surface area contributed by atoms with E-state index in [2.05, 4.69) is 45.1 Å². The van der Waals surface area contributed by atoms with E-state index < -0.39 is 0 Å². The minimum atomic E-state index is 0.417. The van der Waals surface area contributed by atoms with Crippen molar-refractivity contribution in [3.63, 3.8) is 0 Å². The lowest BCUT2D eigenvalue weighted by Crippen LogP contribution is -2.47. The van der Waals surface area contributed by atoms with E-state index in [4.69, 9.17) is 4.74 Å². The molecule has 0 aromatic carbocycles. The highest BCUT2D eigenvalue weighted by Crippen LogP contribution is 2.15. The SMILES string of the molecule is CC(C)CC(CN(C)C)NC1CCOC(C)C1. The lowest BCUT2D eigenvalue weighted by Gasteiger charge is -2.33. The molecule has 0 aromatic rings. The molecular weight excluding hydrogens is 212 g/mol. The fourth-order valence-electron chi connectivity index (χ4n) is 2.69. The molecule has 1 aliphatic heterocycles. The first-order chi connectivity index (χ1) is 7.97. The molecule has 1 heterocycles. The van der Waals surface area contributed by atoms with E-state index in [1.54, 1.807) is 0 Å². The van der Waals surface area contributed by atoms with Crippen molar-refractivity contribution in [2.75, 3.05) is 27.2 Å². The molecule has 102 valence electrons. The minimum Gasteiger partial charge on any atom is -0.378 e. The zero-order chi connectivity index (χ0) is 12.8. The minimum absolute atomic E-state index is 0.417. The number of rotatable bonds is 6. The summed E-state index contributed by atoms with van der Waals surface area (Å²) in [6.07, 6.45) is 3.98.